The Balaban J connectivity index is 2.55. The smallest absolute Gasteiger partial charge is 0.134 e. The van der Waals surface area contributed by atoms with Crippen molar-refractivity contribution in [2.45, 2.75) is 0 Å². The average Bonchev–Trinajstić information content (AvgIpc) is 2.37. The minimum Gasteiger partial charge on any atom is -0.506 e. The first-order valence-electron chi connectivity index (χ1n) is 5.05. The molecule has 0 radical (unpaired) electrons. The number of nitrogens with two attached hydrogens (primary N) is 1. The quantitative estimate of drug-likeness (QED) is 0.486. The Hall–Kier alpha value is -2.00. The molecule has 0 saturated heterocycles. The van der Waals surface area contributed by atoms with E-state index in [0.717, 1.165) is 5.56 Å². The van der Waals surface area contributed by atoms with Gasteiger partial charge in [-0.15, -0.1) is 0 Å². The largest absolute Gasteiger partial charge is 0.506 e. The van der Waals surface area contributed by atoms with Gasteiger partial charge in [-0.05, 0) is 6.07 Å². The zero-order valence-electron chi connectivity index (χ0n) is 8.97. The average molecular weight is 247 g/mol. The summed E-state index contributed by atoms with van der Waals surface area (Å²) < 4.78 is 0. The normalized spacial score (nSPS) is 11.5. The highest BCUT2D eigenvalue weighted by Gasteiger charge is 2.12. The number of hydrogen-bond donors (Lipinski definition) is 2. The van der Waals surface area contributed by atoms with Gasteiger partial charge < -0.3 is 10.9 Å². The van der Waals surface area contributed by atoms with Crippen LogP contribution in [0.1, 0.15) is 11.1 Å². The number of nitrogens with zero attached hydrogens (tertiary/aromatic N) is 1. The Morgan fingerprint density at radius 3 is 2.41 bits per heavy atom. The van der Waals surface area contributed by atoms with Gasteiger partial charge in [-0.25, -0.2) is 0 Å². The lowest BCUT2D eigenvalue weighted by Gasteiger charge is -2.08. The maximum Gasteiger partial charge on any atom is 0.134 e. The van der Waals surface area contributed by atoms with Crippen LogP contribution in [0.4, 0.5) is 0 Å². The fourth-order valence-corrected chi connectivity index (χ4v) is 1.81. The second-order valence-corrected chi connectivity index (χ2v) is 3.86. The molecule has 2 rings (SSSR count). The van der Waals surface area contributed by atoms with Gasteiger partial charge in [0, 0.05) is 11.1 Å². The zero-order chi connectivity index (χ0) is 12.3. The minimum absolute atomic E-state index is 0.0150. The van der Waals surface area contributed by atoms with E-state index in [2.05, 4.69) is 5.10 Å². The molecular formula is C13H11ClN2O. The summed E-state index contributed by atoms with van der Waals surface area (Å²) >= 11 is 6.03. The van der Waals surface area contributed by atoms with Crippen molar-refractivity contribution >= 4 is 17.3 Å². The molecule has 0 atom stereocenters. The second-order valence-electron chi connectivity index (χ2n) is 3.48. The molecule has 2 aromatic carbocycles. The summed E-state index contributed by atoms with van der Waals surface area (Å²) in [6, 6.07) is 14.4. The molecule has 0 bridgehead atoms. The van der Waals surface area contributed by atoms with E-state index in [4.69, 9.17) is 17.4 Å². The summed E-state index contributed by atoms with van der Waals surface area (Å²) in [7, 11) is 0. The molecule has 0 spiro atoms. The topological polar surface area (TPSA) is 58.6 Å². The van der Waals surface area contributed by atoms with Crippen LogP contribution in [-0.2, 0) is 0 Å². The first-order chi connectivity index (χ1) is 8.24. The highest BCUT2D eigenvalue weighted by Crippen LogP contribution is 2.28. The van der Waals surface area contributed by atoms with Gasteiger partial charge in [-0.2, -0.15) is 5.10 Å². The van der Waals surface area contributed by atoms with Crippen LogP contribution in [0, 0.1) is 0 Å². The van der Waals surface area contributed by atoms with Crippen molar-refractivity contribution in [3.8, 4) is 5.75 Å². The third-order valence-electron chi connectivity index (χ3n) is 2.41. The fourth-order valence-electron chi connectivity index (χ4n) is 1.60. The van der Waals surface area contributed by atoms with E-state index >= 15 is 0 Å². The van der Waals surface area contributed by atoms with Crippen molar-refractivity contribution in [3.63, 3.8) is 0 Å². The van der Waals surface area contributed by atoms with E-state index in [1.807, 2.05) is 30.3 Å². The van der Waals surface area contributed by atoms with Gasteiger partial charge in [0.2, 0.25) is 0 Å². The highest BCUT2D eigenvalue weighted by atomic mass is 35.5. The summed E-state index contributed by atoms with van der Waals surface area (Å²) in [4.78, 5) is 0. The van der Waals surface area contributed by atoms with Crippen molar-refractivity contribution in [1.82, 2.24) is 0 Å². The number of phenols is 1. The maximum absolute atomic E-state index is 9.56. The molecule has 86 valence electrons. The van der Waals surface area contributed by atoms with Crippen molar-refractivity contribution in [2.75, 3.05) is 0 Å². The Labute approximate surface area is 104 Å². The Morgan fingerprint density at radius 2 is 1.76 bits per heavy atom. The van der Waals surface area contributed by atoms with Crippen LogP contribution in [0.2, 0.25) is 5.02 Å². The molecule has 0 aliphatic rings. The van der Waals surface area contributed by atoms with E-state index in [9.17, 15) is 5.11 Å². The molecule has 0 aliphatic heterocycles. The molecule has 0 aliphatic carbocycles. The highest BCUT2D eigenvalue weighted by molar-refractivity contribution is 6.36. The lowest BCUT2D eigenvalue weighted by Crippen LogP contribution is -2.06. The Kier molecular flexibility index (Phi) is 3.30. The SMILES string of the molecule is NN=C(c1ccccc1)c1cccc(O)c1Cl. The van der Waals surface area contributed by atoms with Crippen LogP contribution in [0.15, 0.2) is 53.6 Å². The van der Waals surface area contributed by atoms with Crippen LogP contribution in [0.5, 0.6) is 5.75 Å². The number of benzene rings is 2. The molecular weight excluding hydrogens is 236 g/mol. The first kappa shape index (κ1) is 11.5. The number of rotatable bonds is 2. The van der Waals surface area contributed by atoms with Crippen LogP contribution < -0.4 is 5.84 Å². The molecule has 2 aromatic rings. The molecule has 3 N–H and O–H groups in total. The maximum atomic E-state index is 9.56. The molecule has 0 saturated carbocycles. The molecule has 0 fully saturated rings. The van der Waals surface area contributed by atoms with Crippen LogP contribution in [0.3, 0.4) is 0 Å². The van der Waals surface area contributed by atoms with Crippen molar-refractivity contribution in [1.29, 1.82) is 0 Å². The second kappa shape index (κ2) is 4.89. The van der Waals surface area contributed by atoms with Crippen molar-refractivity contribution in [3.05, 3.63) is 64.7 Å². The van der Waals surface area contributed by atoms with Gasteiger partial charge in [-0.3, -0.25) is 0 Å². The van der Waals surface area contributed by atoms with Crippen molar-refractivity contribution < 1.29 is 5.11 Å². The Bertz CT molecular complexity index is 553. The molecule has 0 heterocycles. The van der Waals surface area contributed by atoms with Crippen molar-refractivity contribution in [2.24, 2.45) is 10.9 Å². The van der Waals surface area contributed by atoms with Crippen LogP contribution in [0.25, 0.3) is 0 Å². The van der Waals surface area contributed by atoms with Gasteiger partial charge in [-0.1, -0.05) is 54.1 Å². The molecule has 0 amide bonds. The predicted octanol–water partition coefficient (Wildman–Crippen LogP) is 2.76. The molecule has 0 unspecified atom stereocenters. The van der Waals surface area contributed by atoms with Crippen LogP contribution in [-0.4, -0.2) is 10.8 Å². The summed E-state index contributed by atoms with van der Waals surface area (Å²) in [5.41, 5.74) is 2.01. The summed E-state index contributed by atoms with van der Waals surface area (Å²) in [6.45, 7) is 0. The standard InChI is InChI=1S/C13H11ClN2O/c14-12-10(7-4-8-11(12)17)13(16-15)9-5-2-1-3-6-9/h1-8,17H,15H2. The third kappa shape index (κ3) is 2.24. The lowest BCUT2D eigenvalue weighted by atomic mass is 10.0. The first-order valence-corrected chi connectivity index (χ1v) is 5.43. The van der Waals surface area contributed by atoms with E-state index in [1.165, 1.54) is 6.07 Å². The van der Waals surface area contributed by atoms with Gasteiger partial charge >= 0.3 is 0 Å². The van der Waals surface area contributed by atoms with Gasteiger partial charge in [0.1, 0.15) is 5.75 Å². The van der Waals surface area contributed by atoms with E-state index in [-0.39, 0.29) is 10.8 Å². The summed E-state index contributed by atoms with van der Waals surface area (Å²) in [6.07, 6.45) is 0. The Morgan fingerprint density at radius 1 is 1.06 bits per heavy atom. The third-order valence-corrected chi connectivity index (χ3v) is 2.81. The van der Waals surface area contributed by atoms with Gasteiger partial charge in [0.25, 0.3) is 0 Å². The lowest BCUT2D eigenvalue weighted by molar-refractivity contribution is 0.475. The molecule has 17 heavy (non-hydrogen) atoms. The van der Waals surface area contributed by atoms with E-state index in [0.29, 0.717) is 11.3 Å². The summed E-state index contributed by atoms with van der Waals surface area (Å²) in [5, 5.41) is 13.6. The zero-order valence-corrected chi connectivity index (χ0v) is 9.72. The van der Waals surface area contributed by atoms with Gasteiger partial charge in [0.15, 0.2) is 0 Å². The fraction of sp³-hybridized carbons (Fsp3) is 0. The number of phenolic OH excluding ortho intramolecular Hbond substituents is 1. The number of hydrazone groups is 1. The van der Waals surface area contributed by atoms with Crippen LogP contribution >= 0.6 is 11.6 Å². The molecule has 3 nitrogen and oxygen atoms in total. The van der Waals surface area contributed by atoms with Gasteiger partial charge in [0.05, 0.1) is 10.7 Å². The minimum atomic E-state index is 0.0150. The monoisotopic (exact) mass is 246 g/mol. The van der Waals surface area contributed by atoms with E-state index in [1.54, 1.807) is 12.1 Å². The predicted molar refractivity (Wildman–Crippen MR) is 69.4 cm³/mol. The summed E-state index contributed by atoms with van der Waals surface area (Å²) in [5.74, 6) is 5.42. The number of aromatic hydroxyl groups is 1. The van der Waals surface area contributed by atoms with E-state index < -0.39 is 0 Å². The number of hydrogen-bond acceptors (Lipinski definition) is 3. The molecule has 0 aromatic heterocycles. The number of halogens is 1. The molecule has 4 heteroatoms.